The zero-order valence-electron chi connectivity index (χ0n) is 21.7. The molecule has 1 atom stereocenters. The smallest absolute Gasteiger partial charge is 0.372 e. The van der Waals surface area contributed by atoms with E-state index in [2.05, 4.69) is 4.90 Å². The van der Waals surface area contributed by atoms with Gasteiger partial charge in [-0.25, -0.2) is 0 Å². The van der Waals surface area contributed by atoms with Crippen LogP contribution in [0.1, 0.15) is 65.6 Å². The van der Waals surface area contributed by atoms with E-state index in [9.17, 15) is 27.9 Å². The number of alkyl halides is 3. The van der Waals surface area contributed by atoms with Crippen LogP contribution in [-0.4, -0.2) is 47.5 Å². The minimum absolute atomic E-state index is 0.0253. The summed E-state index contributed by atoms with van der Waals surface area (Å²) in [4.78, 5) is 29.7. The number of benzene rings is 2. The maximum absolute atomic E-state index is 14.4. The average Bonchev–Trinajstić information content (AvgIpc) is 3.78. The lowest BCUT2D eigenvalue weighted by atomic mass is 9.78. The van der Waals surface area contributed by atoms with Crippen molar-refractivity contribution in [2.45, 2.75) is 56.3 Å². The summed E-state index contributed by atoms with van der Waals surface area (Å²) in [6, 6.07) is 5.99. The molecule has 1 heterocycles. The van der Waals surface area contributed by atoms with Gasteiger partial charge < -0.3 is 15.7 Å². The molecule has 2 aromatic rings. The van der Waals surface area contributed by atoms with Gasteiger partial charge in [0, 0.05) is 52.4 Å². The number of carbonyl (C=O) groups is 2. The quantitative estimate of drug-likeness (QED) is 0.395. The fourth-order valence-electron chi connectivity index (χ4n) is 6.25. The topological polar surface area (TPSA) is 86.9 Å². The highest BCUT2D eigenvalue weighted by molar-refractivity contribution is 6.35. The summed E-state index contributed by atoms with van der Waals surface area (Å²) >= 11 is 12.3. The van der Waals surface area contributed by atoms with E-state index in [4.69, 9.17) is 28.9 Å². The van der Waals surface area contributed by atoms with Gasteiger partial charge in [-0.2, -0.15) is 13.2 Å². The van der Waals surface area contributed by atoms with Crippen LogP contribution in [0.4, 0.5) is 18.9 Å². The monoisotopic (exact) mass is 595 g/mol. The van der Waals surface area contributed by atoms with Gasteiger partial charge in [-0.15, -0.1) is 0 Å². The van der Waals surface area contributed by atoms with Gasteiger partial charge in [0.05, 0.1) is 11.3 Å². The Morgan fingerprint density at radius 2 is 1.68 bits per heavy atom. The summed E-state index contributed by atoms with van der Waals surface area (Å²) in [5.74, 6) is -0.499. The van der Waals surface area contributed by atoms with Gasteiger partial charge in [-0.1, -0.05) is 29.3 Å². The Morgan fingerprint density at radius 3 is 2.20 bits per heavy atom. The van der Waals surface area contributed by atoms with Gasteiger partial charge in [0.25, 0.3) is 5.91 Å². The molecule has 0 bridgehead atoms. The molecular weight excluding hydrogens is 566 g/mol. The number of carbonyl (C=O) groups excluding carboxylic acids is 2. The first-order valence-corrected chi connectivity index (χ1v) is 14.4. The first-order valence-electron chi connectivity index (χ1n) is 13.7. The number of anilines is 1. The second kappa shape index (κ2) is 9.89. The van der Waals surface area contributed by atoms with E-state index >= 15 is 0 Å². The van der Waals surface area contributed by atoms with E-state index in [1.165, 1.54) is 48.8 Å². The number of halogens is 5. The van der Waals surface area contributed by atoms with E-state index < -0.39 is 40.3 Å². The number of nitrogens with two attached hydrogens (primary N) is 1. The maximum atomic E-state index is 14.4. The first-order chi connectivity index (χ1) is 18.9. The Hall–Kier alpha value is -2.33. The second-order valence-electron chi connectivity index (χ2n) is 11.9. The highest BCUT2D eigenvalue weighted by Gasteiger charge is 2.57. The van der Waals surface area contributed by atoms with Crippen LogP contribution in [0.5, 0.6) is 0 Å². The molecule has 0 aromatic heterocycles. The summed E-state index contributed by atoms with van der Waals surface area (Å²) < 4.78 is 43.2. The predicted octanol–water partition coefficient (Wildman–Crippen LogP) is 5.59. The largest absolute Gasteiger partial charge is 0.416 e. The van der Waals surface area contributed by atoms with Crippen molar-refractivity contribution in [1.29, 1.82) is 0 Å². The number of amides is 2. The number of primary amides is 1. The van der Waals surface area contributed by atoms with E-state index in [1.807, 2.05) is 0 Å². The van der Waals surface area contributed by atoms with Crippen molar-refractivity contribution in [3.63, 3.8) is 0 Å². The summed E-state index contributed by atoms with van der Waals surface area (Å²) in [7, 11) is 0. The van der Waals surface area contributed by atoms with E-state index in [1.54, 1.807) is 0 Å². The van der Waals surface area contributed by atoms with Gasteiger partial charge in [-0.3, -0.25) is 14.5 Å². The molecular formula is C29H30Cl2F3N3O3. The molecule has 1 unspecified atom stereocenters. The number of hydrogen-bond acceptors (Lipinski definition) is 4. The normalized spacial score (nSPS) is 26.3. The third kappa shape index (κ3) is 4.99. The van der Waals surface area contributed by atoms with Crippen molar-refractivity contribution in [2.75, 3.05) is 24.5 Å². The van der Waals surface area contributed by atoms with Crippen molar-refractivity contribution in [3.8, 4) is 0 Å². The van der Waals surface area contributed by atoms with Crippen LogP contribution in [0, 0.1) is 17.8 Å². The minimum Gasteiger partial charge on any atom is -0.372 e. The minimum atomic E-state index is -4.99. The lowest BCUT2D eigenvalue weighted by Gasteiger charge is -2.44. The van der Waals surface area contributed by atoms with Crippen LogP contribution in [0.3, 0.4) is 0 Å². The molecule has 0 saturated heterocycles. The van der Waals surface area contributed by atoms with E-state index in [0.29, 0.717) is 12.1 Å². The molecule has 3 fully saturated rings. The Bertz CT molecular complexity index is 1360. The Morgan fingerprint density at radius 1 is 1.05 bits per heavy atom. The molecule has 6 rings (SSSR count). The SMILES string of the molecule is NC(=O)c1cc2c(c(C(F)(F)F)c1)C(O)(c1ccc(Cl)cc1Cl)C(=O)N2CC1CC(N(CC2CC2)CC2CC2)C1. The van der Waals surface area contributed by atoms with Crippen molar-refractivity contribution in [2.24, 2.45) is 23.5 Å². The zero-order chi connectivity index (χ0) is 28.6. The molecule has 2 aromatic carbocycles. The summed E-state index contributed by atoms with van der Waals surface area (Å²) in [5.41, 5.74) is -0.104. The average molecular weight is 596 g/mol. The molecule has 3 aliphatic carbocycles. The van der Waals surface area contributed by atoms with E-state index in [-0.39, 0.29) is 33.8 Å². The number of rotatable bonds is 9. The molecule has 3 N–H and O–H groups in total. The van der Waals surface area contributed by atoms with Crippen molar-refractivity contribution in [1.82, 2.24) is 4.90 Å². The molecule has 11 heteroatoms. The molecule has 214 valence electrons. The number of nitrogens with zero attached hydrogens (tertiary/aromatic N) is 2. The Kier molecular flexibility index (Phi) is 6.88. The van der Waals surface area contributed by atoms with Gasteiger partial charge in [0.2, 0.25) is 5.91 Å². The Labute approximate surface area is 240 Å². The number of hydrogen-bond donors (Lipinski definition) is 2. The zero-order valence-corrected chi connectivity index (χ0v) is 23.2. The maximum Gasteiger partial charge on any atom is 0.416 e. The lowest BCUT2D eigenvalue weighted by Crippen LogP contribution is -2.51. The van der Waals surface area contributed by atoms with E-state index in [0.717, 1.165) is 43.8 Å². The highest BCUT2D eigenvalue weighted by Crippen LogP contribution is 2.53. The molecule has 40 heavy (non-hydrogen) atoms. The second-order valence-corrected chi connectivity index (χ2v) is 12.7. The molecule has 0 radical (unpaired) electrons. The summed E-state index contributed by atoms with van der Waals surface area (Å²) in [6.07, 6.45) is 1.64. The molecule has 4 aliphatic rings. The van der Waals surface area contributed by atoms with Gasteiger partial charge >= 0.3 is 6.18 Å². The fraction of sp³-hybridized carbons (Fsp3) is 0.517. The number of aliphatic hydroxyl groups is 1. The van der Waals surface area contributed by atoms with Crippen LogP contribution in [0.2, 0.25) is 10.0 Å². The highest BCUT2D eigenvalue weighted by atomic mass is 35.5. The van der Waals surface area contributed by atoms with Crippen LogP contribution in [0.15, 0.2) is 30.3 Å². The van der Waals surface area contributed by atoms with Crippen molar-refractivity contribution in [3.05, 3.63) is 62.6 Å². The third-order valence-corrected chi connectivity index (χ3v) is 9.33. The first kappa shape index (κ1) is 27.8. The molecule has 1 aliphatic heterocycles. The van der Waals surface area contributed by atoms with Crippen LogP contribution in [0.25, 0.3) is 0 Å². The van der Waals surface area contributed by atoms with Crippen LogP contribution in [-0.2, 0) is 16.6 Å². The third-order valence-electron chi connectivity index (χ3n) is 8.78. The molecule has 3 saturated carbocycles. The summed E-state index contributed by atoms with van der Waals surface area (Å²) in [6.45, 7) is 2.26. The standard InChI is InChI=1S/C29H30Cl2F3N3O3/c30-19-5-6-21(23(31)11-19)28(40)25-22(29(32,33)34)9-18(26(35)38)10-24(25)37(27(28)39)14-17-7-20(8-17)36(12-15-1-2-15)13-16-3-4-16/h5-6,9-11,15-17,20,40H,1-4,7-8,12-14H2,(H2,35,38). The summed E-state index contributed by atoms with van der Waals surface area (Å²) in [5, 5.41) is 12.0. The van der Waals surface area contributed by atoms with Gasteiger partial charge in [-0.05, 0) is 80.5 Å². The molecule has 2 amide bonds. The fourth-order valence-corrected chi connectivity index (χ4v) is 6.80. The Balaban J connectivity index is 1.36. The molecule has 0 spiro atoms. The van der Waals surface area contributed by atoms with Crippen LogP contribution >= 0.6 is 23.2 Å². The van der Waals surface area contributed by atoms with Gasteiger partial charge in [0.15, 0.2) is 5.60 Å². The van der Waals surface area contributed by atoms with Gasteiger partial charge in [0.1, 0.15) is 0 Å². The van der Waals surface area contributed by atoms with Crippen LogP contribution < -0.4 is 10.6 Å². The lowest BCUT2D eigenvalue weighted by molar-refractivity contribution is -0.142. The van der Waals surface area contributed by atoms with Crippen molar-refractivity contribution < 1.29 is 27.9 Å². The number of fused-ring (bicyclic) bond motifs is 1. The predicted molar refractivity (Wildman–Crippen MR) is 145 cm³/mol. The molecule has 6 nitrogen and oxygen atoms in total. The van der Waals surface area contributed by atoms with Crippen molar-refractivity contribution >= 4 is 40.7 Å².